The van der Waals surface area contributed by atoms with Gasteiger partial charge >= 0.3 is 0 Å². The Morgan fingerprint density at radius 1 is 0.882 bits per heavy atom. The number of rotatable bonds is 10. The van der Waals surface area contributed by atoms with Gasteiger partial charge < -0.3 is 10.2 Å². The number of carbonyl (C=O) groups is 2. The summed E-state index contributed by atoms with van der Waals surface area (Å²) in [5, 5.41) is 4.60. The minimum Gasteiger partial charge on any atom is -0.350 e. The zero-order valence-corrected chi connectivity index (χ0v) is 21.2. The second-order valence-electron chi connectivity index (χ2n) is 8.06. The van der Waals surface area contributed by atoms with Crippen molar-refractivity contribution in [3.05, 3.63) is 105 Å². The van der Waals surface area contributed by atoms with Gasteiger partial charge in [0.2, 0.25) is 11.8 Å². The van der Waals surface area contributed by atoms with Crippen molar-refractivity contribution in [3.8, 4) is 0 Å². The summed E-state index contributed by atoms with van der Waals surface area (Å²) in [4.78, 5) is 28.4. The number of carbonyl (C=O) groups excluding carboxylic acids is 2. The van der Waals surface area contributed by atoms with Crippen LogP contribution in [0.15, 0.2) is 72.8 Å². The Labute approximate surface area is 215 Å². The third-order valence-electron chi connectivity index (χ3n) is 5.47. The van der Waals surface area contributed by atoms with Gasteiger partial charge in [-0.3, -0.25) is 9.59 Å². The predicted octanol–water partition coefficient (Wildman–Crippen LogP) is 6.70. The lowest BCUT2D eigenvalue weighted by atomic mass is 10.0. The molecule has 2 amide bonds. The van der Waals surface area contributed by atoms with Crippen LogP contribution < -0.4 is 5.32 Å². The zero-order chi connectivity index (χ0) is 24.5. The highest BCUT2D eigenvalue weighted by Crippen LogP contribution is 2.22. The molecule has 3 aromatic rings. The summed E-state index contributed by atoms with van der Waals surface area (Å²) in [5.74, 6) is -0.314. The summed E-state index contributed by atoms with van der Waals surface area (Å²) < 4.78 is 0. The van der Waals surface area contributed by atoms with Crippen LogP contribution in [0.5, 0.6) is 0 Å². The summed E-state index contributed by atoms with van der Waals surface area (Å²) in [6, 6.07) is 21.5. The lowest BCUT2D eigenvalue weighted by Crippen LogP contribution is -2.50. The summed E-state index contributed by atoms with van der Waals surface area (Å²) in [6.07, 6.45) is 1.44. The van der Waals surface area contributed by atoms with E-state index < -0.39 is 6.04 Å². The fraction of sp³-hybridized carbons (Fsp3) is 0.259. The number of nitrogens with one attached hydrogen (secondary N) is 1. The van der Waals surface area contributed by atoms with Gasteiger partial charge in [-0.1, -0.05) is 90.3 Å². The molecule has 0 heterocycles. The normalized spacial score (nSPS) is 11.6. The van der Waals surface area contributed by atoms with Gasteiger partial charge in [0.15, 0.2) is 0 Å². The van der Waals surface area contributed by atoms with Crippen LogP contribution in [0.3, 0.4) is 0 Å². The Morgan fingerprint density at radius 2 is 1.56 bits per heavy atom. The maximum absolute atomic E-state index is 13.5. The Bertz CT molecular complexity index is 1100. The third-order valence-corrected chi connectivity index (χ3v) is 6.31. The maximum Gasteiger partial charge on any atom is 0.243 e. The lowest BCUT2D eigenvalue weighted by molar-refractivity contribution is -0.141. The van der Waals surface area contributed by atoms with Crippen LogP contribution in [0.2, 0.25) is 15.1 Å². The molecule has 0 spiro atoms. The largest absolute Gasteiger partial charge is 0.350 e. The van der Waals surface area contributed by atoms with Crippen molar-refractivity contribution in [2.24, 2.45) is 0 Å². The fourth-order valence-electron chi connectivity index (χ4n) is 3.66. The number of nitrogens with zero attached hydrogens (tertiary/aromatic N) is 1. The zero-order valence-electron chi connectivity index (χ0n) is 18.9. The molecule has 0 aromatic heterocycles. The summed E-state index contributed by atoms with van der Waals surface area (Å²) in [6.45, 7) is 2.49. The first-order valence-electron chi connectivity index (χ1n) is 11.2. The van der Waals surface area contributed by atoms with E-state index in [4.69, 9.17) is 34.8 Å². The third kappa shape index (κ3) is 7.49. The maximum atomic E-state index is 13.5. The van der Waals surface area contributed by atoms with E-state index in [-0.39, 0.29) is 18.4 Å². The van der Waals surface area contributed by atoms with Gasteiger partial charge in [-0.2, -0.15) is 0 Å². The van der Waals surface area contributed by atoms with Crippen LogP contribution in [0.25, 0.3) is 0 Å². The molecule has 0 saturated carbocycles. The van der Waals surface area contributed by atoms with E-state index in [1.54, 1.807) is 35.2 Å². The van der Waals surface area contributed by atoms with Gasteiger partial charge in [-0.25, -0.2) is 0 Å². The van der Waals surface area contributed by atoms with E-state index in [2.05, 4.69) is 5.32 Å². The Hall–Kier alpha value is -2.53. The van der Waals surface area contributed by atoms with Gasteiger partial charge in [0.05, 0.1) is 0 Å². The molecule has 3 rings (SSSR count). The molecule has 1 N–H and O–H groups in total. The second-order valence-corrected chi connectivity index (χ2v) is 9.34. The van der Waals surface area contributed by atoms with Crippen molar-refractivity contribution in [1.29, 1.82) is 0 Å². The van der Waals surface area contributed by atoms with E-state index in [0.29, 0.717) is 40.9 Å². The van der Waals surface area contributed by atoms with Crippen molar-refractivity contribution in [2.45, 2.75) is 45.3 Å². The minimum atomic E-state index is -0.691. The Kier molecular flexibility index (Phi) is 9.82. The molecule has 178 valence electrons. The van der Waals surface area contributed by atoms with Crippen LogP contribution in [-0.2, 0) is 29.1 Å². The van der Waals surface area contributed by atoms with Gasteiger partial charge in [-0.15, -0.1) is 0 Å². The van der Waals surface area contributed by atoms with E-state index in [0.717, 1.165) is 16.7 Å². The summed E-state index contributed by atoms with van der Waals surface area (Å²) in [7, 11) is 0. The van der Waals surface area contributed by atoms with Gasteiger partial charge in [0.25, 0.3) is 0 Å². The molecule has 0 fully saturated rings. The lowest BCUT2D eigenvalue weighted by Gasteiger charge is -2.31. The highest BCUT2D eigenvalue weighted by Gasteiger charge is 2.30. The standard InChI is InChI=1S/C27H27Cl3N2O2/c1-2-6-26(33)32(18-20-9-12-22(28)13-10-20)25(15-19-7-4-3-5-8-19)27(34)31-17-21-11-14-23(29)16-24(21)30/h3-5,7-14,16,25H,2,6,15,17-18H2,1H3,(H,31,34)/t25-/m0/s1. The molecule has 1 atom stereocenters. The molecule has 34 heavy (non-hydrogen) atoms. The smallest absolute Gasteiger partial charge is 0.243 e. The second kappa shape index (κ2) is 12.8. The average Bonchev–Trinajstić information content (AvgIpc) is 2.82. The van der Waals surface area contributed by atoms with Crippen molar-refractivity contribution in [1.82, 2.24) is 10.2 Å². The molecule has 3 aromatic carbocycles. The van der Waals surface area contributed by atoms with E-state index in [1.807, 2.05) is 49.4 Å². The SMILES string of the molecule is CCCC(=O)N(Cc1ccc(Cl)cc1)[C@@H](Cc1ccccc1)C(=O)NCc1ccc(Cl)cc1Cl. The molecular weight excluding hydrogens is 491 g/mol. The predicted molar refractivity (Wildman–Crippen MR) is 139 cm³/mol. The first kappa shape index (κ1) is 26.1. The highest BCUT2D eigenvalue weighted by molar-refractivity contribution is 6.35. The topological polar surface area (TPSA) is 49.4 Å². The Balaban J connectivity index is 1.88. The van der Waals surface area contributed by atoms with Crippen LogP contribution >= 0.6 is 34.8 Å². The van der Waals surface area contributed by atoms with Crippen molar-refractivity contribution >= 4 is 46.6 Å². The molecule has 0 radical (unpaired) electrons. The van der Waals surface area contributed by atoms with Crippen LogP contribution in [-0.4, -0.2) is 22.8 Å². The van der Waals surface area contributed by atoms with Crippen molar-refractivity contribution in [3.63, 3.8) is 0 Å². The van der Waals surface area contributed by atoms with Gasteiger partial charge in [0, 0.05) is 41.0 Å². The van der Waals surface area contributed by atoms with E-state index >= 15 is 0 Å². The molecule has 0 aliphatic rings. The Morgan fingerprint density at radius 3 is 2.21 bits per heavy atom. The van der Waals surface area contributed by atoms with Crippen molar-refractivity contribution in [2.75, 3.05) is 0 Å². The first-order valence-corrected chi connectivity index (χ1v) is 12.3. The van der Waals surface area contributed by atoms with Gasteiger partial charge in [0.1, 0.15) is 6.04 Å². The first-order chi connectivity index (χ1) is 16.4. The van der Waals surface area contributed by atoms with Crippen LogP contribution in [0.1, 0.15) is 36.5 Å². The highest BCUT2D eigenvalue weighted by atomic mass is 35.5. The number of halogens is 3. The summed E-state index contributed by atoms with van der Waals surface area (Å²) in [5.41, 5.74) is 2.63. The molecular formula is C27H27Cl3N2O2. The molecule has 0 saturated heterocycles. The van der Waals surface area contributed by atoms with Crippen molar-refractivity contribution < 1.29 is 9.59 Å². The van der Waals surface area contributed by atoms with Crippen LogP contribution in [0.4, 0.5) is 0 Å². The molecule has 0 aliphatic carbocycles. The van der Waals surface area contributed by atoms with E-state index in [1.165, 1.54) is 0 Å². The minimum absolute atomic E-state index is 0.0712. The molecule has 0 bridgehead atoms. The molecule has 4 nitrogen and oxygen atoms in total. The summed E-state index contributed by atoms with van der Waals surface area (Å²) >= 11 is 18.3. The number of benzene rings is 3. The molecule has 7 heteroatoms. The molecule has 0 aliphatic heterocycles. The van der Waals surface area contributed by atoms with E-state index in [9.17, 15) is 9.59 Å². The van der Waals surface area contributed by atoms with Crippen LogP contribution in [0, 0.1) is 0 Å². The number of amides is 2. The monoisotopic (exact) mass is 516 g/mol. The fourth-order valence-corrected chi connectivity index (χ4v) is 4.26. The quantitative estimate of drug-likeness (QED) is 0.325. The number of hydrogen-bond donors (Lipinski definition) is 1. The molecule has 0 unspecified atom stereocenters. The average molecular weight is 518 g/mol. The number of hydrogen-bond acceptors (Lipinski definition) is 2. The van der Waals surface area contributed by atoms with Gasteiger partial charge in [-0.05, 0) is 47.4 Å².